The predicted molar refractivity (Wildman–Crippen MR) is 69.6 cm³/mol. The molecule has 0 saturated carbocycles. The quantitative estimate of drug-likeness (QED) is 0.641. The van der Waals surface area contributed by atoms with Crippen molar-refractivity contribution in [2.24, 2.45) is 5.84 Å². The SMILES string of the molecule is Cc1cccc(C)c1CC(NN)c1cnsn1. The second-order valence-electron chi connectivity index (χ2n) is 4.13. The average Bonchev–Trinajstić information content (AvgIpc) is 2.82. The molecule has 90 valence electrons. The Morgan fingerprint density at radius 3 is 2.59 bits per heavy atom. The van der Waals surface area contributed by atoms with Gasteiger partial charge in [-0.05, 0) is 37.0 Å². The lowest BCUT2D eigenvalue weighted by molar-refractivity contribution is 0.540. The van der Waals surface area contributed by atoms with Gasteiger partial charge in [0.1, 0.15) is 0 Å². The van der Waals surface area contributed by atoms with E-state index < -0.39 is 0 Å². The molecule has 0 bridgehead atoms. The van der Waals surface area contributed by atoms with Crippen molar-refractivity contribution in [2.45, 2.75) is 26.3 Å². The summed E-state index contributed by atoms with van der Waals surface area (Å²) in [5, 5.41) is 0. The highest BCUT2D eigenvalue weighted by atomic mass is 32.1. The molecular formula is C12H16N4S. The monoisotopic (exact) mass is 248 g/mol. The van der Waals surface area contributed by atoms with Gasteiger partial charge in [-0.1, -0.05) is 18.2 Å². The maximum absolute atomic E-state index is 5.60. The lowest BCUT2D eigenvalue weighted by Gasteiger charge is -2.16. The van der Waals surface area contributed by atoms with Crippen LogP contribution in [0.25, 0.3) is 0 Å². The Morgan fingerprint density at radius 1 is 1.35 bits per heavy atom. The molecule has 2 rings (SSSR count). The summed E-state index contributed by atoms with van der Waals surface area (Å²) in [4.78, 5) is 0. The van der Waals surface area contributed by atoms with Gasteiger partial charge in [0.15, 0.2) is 0 Å². The van der Waals surface area contributed by atoms with Crippen molar-refractivity contribution in [2.75, 3.05) is 0 Å². The third-order valence-electron chi connectivity index (χ3n) is 2.99. The Kier molecular flexibility index (Phi) is 3.83. The van der Waals surface area contributed by atoms with Crippen molar-refractivity contribution >= 4 is 11.7 Å². The molecule has 5 heteroatoms. The number of aromatic nitrogens is 2. The number of nitrogens with two attached hydrogens (primary N) is 1. The van der Waals surface area contributed by atoms with Crippen molar-refractivity contribution in [3.8, 4) is 0 Å². The largest absolute Gasteiger partial charge is 0.271 e. The van der Waals surface area contributed by atoms with Crippen LogP contribution in [0.3, 0.4) is 0 Å². The van der Waals surface area contributed by atoms with Gasteiger partial charge in [0.25, 0.3) is 0 Å². The van der Waals surface area contributed by atoms with E-state index in [-0.39, 0.29) is 6.04 Å². The Balaban J connectivity index is 2.25. The molecule has 0 spiro atoms. The first-order valence-corrected chi connectivity index (χ1v) is 6.24. The second-order valence-corrected chi connectivity index (χ2v) is 4.68. The summed E-state index contributed by atoms with van der Waals surface area (Å²) in [6, 6.07) is 6.34. The van der Waals surface area contributed by atoms with E-state index in [2.05, 4.69) is 46.2 Å². The molecule has 0 radical (unpaired) electrons. The Labute approximate surface area is 105 Å². The van der Waals surface area contributed by atoms with Crippen LogP contribution in [0, 0.1) is 13.8 Å². The fourth-order valence-electron chi connectivity index (χ4n) is 1.95. The van der Waals surface area contributed by atoms with Crippen molar-refractivity contribution in [1.82, 2.24) is 14.2 Å². The summed E-state index contributed by atoms with van der Waals surface area (Å²) in [6.45, 7) is 4.24. The standard InChI is InChI=1S/C12H16N4S/c1-8-4-3-5-9(2)10(8)6-11(15-13)12-7-14-17-16-12/h3-5,7,11,15H,6,13H2,1-2H3. The van der Waals surface area contributed by atoms with Crippen LogP contribution in [0.2, 0.25) is 0 Å². The van der Waals surface area contributed by atoms with Crippen LogP contribution in [0.15, 0.2) is 24.4 Å². The molecule has 0 amide bonds. The van der Waals surface area contributed by atoms with Crippen LogP contribution < -0.4 is 11.3 Å². The number of hydrogen-bond acceptors (Lipinski definition) is 5. The minimum absolute atomic E-state index is 0.0218. The van der Waals surface area contributed by atoms with Crippen molar-refractivity contribution in [1.29, 1.82) is 0 Å². The Bertz CT molecular complexity index is 461. The molecular weight excluding hydrogens is 232 g/mol. The van der Waals surface area contributed by atoms with Crippen molar-refractivity contribution in [3.63, 3.8) is 0 Å². The van der Waals surface area contributed by atoms with Crippen LogP contribution in [-0.4, -0.2) is 8.75 Å². The number of nitrogens with one attached hydrogen (secondary N) is 1. The van der Waals surface area contributed by atoms with Gasteiger partial charge in [0, 0.05) is 0 Å². The number of benzene rings is 1. The smallest absolute Gasteiger partial charge is 0.0929 e. The van der Waals surface area contributed by atoms with E-state index in [1.165, 1.54) is 28.4 Å². The Morgan fingerprint density at radius 2 is 2.06 bits per heavy atom. The second kappa shape index (κ2) is 5.35. The van der Waals surface area contributed by atoms with E-state index in [0.717, 1.165) is 12.1 Å². The fraction of sp³-hybridized carbons (Fsp3) is 0.333. The third-order valence-corrected chi connectivity index (χ3v) is 3.48. The maximum Gasteiger partial charge on any atom is 0.0929 e. The normalized spacial score (nSPS) is 12.6. The van der Waals surface area contributed by atoms with E-state index >= 15 is 0 Å². The topological polar surface area (TPSA) is 63.8 Å². The van der Waals surface area contributed by atoms with E-state index in [4.69, 9.17) is 5.84 Å². The molecule has 1 atom stereocenters. The number of hydrogen-bond donors (Lipinski definition) is 2. The van der Waals surface area contributed by atoms with Crippen LogP contribution in [-0.2, 0) is 6.42 Å². The van der Waals surface area contributed by atoms with Gasteiger partial charge in [-0.25, -0.2) is 0 Å². The van der Waals surface area contributed by atoms with Crippen LogP contribution in [0.1, 0.15) is 28.4 Å². The lowest BCUT2D eigenvalue weighted by atomic mass is 9.95. The molecule has 0 fully saturated rings. The molecule has 1 heterocycles. The molecule has 3 N–H and O–H groups in total. The minimum Gasteiger partial charge on any atom is -0.271 e. The van der Waals surface area contributed by atoms with Crippen LogP contribution in [0.4, 0.5) is 0 Å². The van der Waals surface area contributed by atoms with Gasteiger partial charge in [-0.2, -0.15) is 8.75 Å². The first-order valence-electron chi connectivity index (χ1n) is 5.51. The molecule has 0 saturated heterocycles. The van der Waals surface area contributed by atoms with Crippen LogP contribution >= 0.6 is 11.7 Å². The molecule has 1 aromatic carbocycles. The summed E-state index contributed by atoms with van der Waals surface area (Å²) in [5.41, 5.74) is 7.61. The van der Waals surface area contributed by atoms with E-state index in [1.54, 1.807) is 6.20 Å². The zero-order chi connectivity index (χ0) is 12.3. The van der Waals surface area contributed by atoms with Crippen molar-refractivity contribution < 1.29 is 0 Å². The van der Waals surface area contributed by atoms with Gasteiger partial charge < -0.3 is 0 Å². The average molecular weight is 248 g/mol. The summed E-state index contributed by atoms with van der Waals surface area (Å²) in [7, 11) is 0. The molecule has 4 nitrogen and oxygen atoms in total. The molecule has 17 heavy (non-hydrogen) atoms. The highest BCUT2D eigenvalue weighted by Crippen LogP contribution is 2.21. The summed E-state index contributed by atoms with van der Waals surface area (Å²) in [5.74, 6) is 5.60. The Hall–Kier alpha value is -1.30. The van der Waals surface area contributed by atoms with E-state index in [1.807, 2.05) is 0 Å². The summed E-state index contributed by atoms with van der Waals surface area (Å²) >= 11 is 1.21. The first-order chi connectivity index (χ1) is 8.22. The van der Waals surface area contributed by atoms with Gasteiger partial charge in [0.05, 0.1) is 29.7 Å². The van der Waals surface area contributed by atoms with E-state index in [9.17, 15) is 0 Å². The highest BCUT2D eigenvalue weighted by molar-refractivity contribution is 6.99. The number of nitrogens with zero attached hydrogens (tertiary/aromatic N) is 2. The fourth-order valence-corrected chi connectivity index (χ4v) is 2.42. The van der Waals surface area contributed by atoms with Gasteiger partial charge in [-0.3, -0.25) is 11.3 Å². The highest BCUT2D eigenvalue weighted by Gasteiger charge is 2.15. The first kappa shape index (κ1) is 12.2. The van der Waals surface area contributed by atoms with Gasteiger partial charge in [-0.15, -0.1) is 0 Å². The zero-order valence-electron chi connectivity index (χ0n) is 9.97. The zero-order valence-corrected chi connectivity index (χ0v) is 10.8. The number of hydrazine groups is 1. The lowest BCUT2D eigenvalue weighted by Crippen LogP contribution is -2.30. The molecule has 1 unspecified atom stereocenters. The minimum atomic E-state index is 0.0218. The van der Waals surface area contributed by atoms with E-state index in [0.29, 0.717) is 0 Å². The van der Waals surface area contributed by atoms with Gasteiger partial charge in [0.2, 0.25) is 0 Å². The molecule has 0 aliphatic rings. The maximum atomic E-state index is 5.60. The number of rotatable bonds is 4. The predicted octanol–water partition coefficient (Wildman–Crippen LogP) is 1.90. The summed E-state index contributed by atoms with van der Waals surface area (Å²) in [6.07, 6.45) is 2.60. The molecule has 0 aliphatic heterocycles. The van der Waals surface area contributed by atoms with Crippen LogP contribution in [0.5, 0.6) is 0 Å². The van der Waals surface area contributed by atoms with Gasteiger partial charge >= 0.3 is 0 Å². The third kappa shape index (κ3) is 2.69. The molecule has 2 aromatic rings. The molecule has 1 aromatic heterocycles. The summed E-state index contributed by atoms with van der Waals surface area (Å²) < 4.78 is 8.24. The van der Waals surface area contributed by atoms with Crippen molar-refractivity contribution in [3.05, 3.63) is 46.8 Å². The molecule has 0 aliphatic carbocycles. The number of aryl methyl sites for hydroxylation is 2.